The molecule has 0 fully saturated rings. The lowest BCUT2D eigenvalue weighted by molar-refractivity contribution is -0.107. The van der Waals surface area contributed by atoms with Crippen LogP contribution in [-0.4, -0.2) is 17.9 Å². The summed E-state index contributed by atoms with van der Waals surface area (Å²) in [6, 6.07) is 3.79. The van der Waals surface area contributed by atoms with Crippen LogP contribution in [0.2, 0.25) is 0 Å². The summed E-state index contributed by atoms with van der Waals surface area (Å²) >= 11 is 0. The third-order valence-corrected chi connectivity index (χ3v) is 2.43. The maximum absolute atomic E-state index is 10.8. The lowest BCUT2D eigenvalue weighted by atomic mass is 9.91. The monoisotopic (exact) mass is 176 g/mol. The van der Waals surface area contributed by atoms with Gasteiger partial charge in [0.05, 0.1) is 11.4 Å². The first-order chi connectivity index (χ1) is 6.15. The van der Waals surface area contributed by atoms with Crippen molar-refractivity contribution < 1.29 is 4.79 Å². The number of aromatic nitrogens is 1. The van der Waals surface area contributed by atoms with E-state index in [1.165, 1.54) is 0 Å². The number of fused-ring (bicyclic) bond motifs is 1. The van der Waals surface area contributed by atoms with Gasteiger partial charge in [0.1, 0.15) is 0 Å². The number of anilines is 1. The van der Waals surface area contributed by atoms with Crippen molar-refractivity contribution in [3.63, 3.8) is 0 Å². The predicted molar refractivity (Wildman–Crippen MR) is 50.7 cm³/mol. The highest BCUT2D eigenvalue weighted by atomic mass is 16.1. The Balaban J connectivity index is 2.56. The number of carbonyl (C=O) groups excluding carboxylic acids is 1. The summed E-state index contributed by atoms with van der Waals surface area (Å²) < 4.78 is 0. The van der Waals surface area contributed by atoms with Crippen LogP contribution in [0.15, 0.2) is 18.3 Å². The molecule has 0 unspecified atom stereocenters. The molecule has 2 rings (SSSR count). The van der Waals surface area contributed by atoms with Crippen molar-refractivity contribution in [2.45, 2.75) is 19.3 Å². The average Bonchev–Trinajstić information content (AvgIpc) is 2.39. The molecule has 3 nitrogen and oxygen atoms in total. The van der Waals surface area contributed by atoms with Gasteiger partial charge in [-0.2, -0.15) is 0 Å². The van der Waals surface area contributed by atoms with Crippen LogP contribution in [-0.2, 0) is 10.2 Å². The Bertz CT molecular complexity index is 347. The van der Waals surface area contributed by atoms with Gasteiger partial charge in [0.15, 0.2) is 0 Å². The summed E-state index contributed by atoms with van der Waals surface area (Å²) in [5.74, 6) is 0. The van der Waals surface area contributed by atoms with Crippen LogP contribution < -0.4 is 4.90 Å². The van der Waals surface area contributed by atoms with Gasteiger partial charge in [0.2, 0.25) is 6.41 Å². The fourth-order valence-corrected chi connectivity index (χ4v) is 1.83. The highest BCUT2D eigenvalue weighted by molar-refractivity contribution is 5.80. The molecule has 1 aliphatic heterocycles. The second-order valence-electron chi connectivity index (χ2n) is 3.99. The van der Waals surface area contributed by atoms with Gasteiger partial charge in [-0.15, -0.1) is 0 Å². The third-order valence-electron chi connectivity index (χ3n) is 2.43. The number of carbonyl (C=O) groups is 1. The summed E-state index contributed by atoms with van der Waals surface area (Å²) in [7, 11) is 0. The molecule has 0 saturated carbocycles. The molecule has 0 saturated heterocycles. The first-order valence-electron chi connectivity index (χ1n) is 4.32. The fourth-order valence-electron chi connectivity index (χ4n) is 1.83. The molecule has 0 radical (unpaired) electrons. The van der Waals surface area contributed by atoms with E-state index in [9.17, 15) is 4.79 Å². The van der Waals surface area contributed by atoms with Crippen LogP contribution >= 0.6 is 0 Å². The van der Waals surface area contributed by atoms with E-state index in [0.717, 1.165) is 24.3 Å². The van der Waals surface area contributed by atoms with Crippen LogP contribution in [0.4, 0.5) is 5.69 Å². The van der Waals surface area contributed by atoms with Gasteiger partial charge in [0.25, 0.3) is 0 Å². The van der Waals surface area contributed by atoms with Crippen LogP contribution in [0.25, 0.3) is 0 Å². The molecule has 0 atom stereocenters. The molecule has 0 aromatic carbocycles. The SMILES string of the molecule is CC1(C)CN(C=O)c2cccnc21. The van der Waals surface area contributed by atoms with Gasteiger partial charge in [-0.25, -0.2) is 0 Å². The van der Waals surface area contributed by atoms with Gasteiger partial charge >= 0.3 is 0 Å². The predicted octanol–water partition coefficient (Wildman–Crippen LogP) is 1.34. The first kappa shape index (κ1) is 8.23. The van der Waals surface area contributed by atoms with E-state index in [4.69, 9.17) is 0 Å². The minimum atomic E-state index is -0.0164. The van der Waals surface area contributed by atoms with Crippen molar-refractivity contribution in [3.05, 3.63) is 24.0 Å². The Hall–Kier alpha value is -1.38. The standard InChI is InChI=1S/C10H12N2O/c1-10(2)6-12(7-13)8-4-3-5-11-9(8)10/h3-5,7H,6H2,1-2H3. The van der Waals surface area contributed by atoms with Crippen LogP contribution in [0.3, 0.4) is 0 Å². The molecule has 1 amide bonds. The third kappa shape index (κ3) is 1.11. The molecule has 3 heteroatoms. The highest BCUT2D eigenvalue weighted by Crippen LogP contribution is 2.37. The summed E-state index contributed by atoms with van der Waals surface area (Å²) in [4.78, 5) is 16.8. The number of pyridine rings is 1. The molecule has 1 aliphatic rings. The largest absolute Gasteiger partial charge is 0.312 e. The Kier molecular flexibility index (Phi) is 1.62. The van der Waals surface area contributed by atoms with Gasteiger partial charge in [0, 0.05) is 18.2 Å². The normalized spacial score (nSPS) is 18.5. The molecule has 13 heavy (non-hydrogen) atoms. The zero-order valence-corrected chi connectivity index (χ0v) is 7.82. The van der Waals surface area contributed by atoms with Gasteiger partial charge in [-0.3, -0.25) is 9.78 Å². The molecule has 0 N–H and O–H groups in total. The molecule has 0 bridgehead atoms. The van der Waals surface area contributed by atoms with E-state index < -0.39 is 0 Å². The Morgan fingerprint density at radius 1 is 1.62 bits per heavy atom. The van der Waals surface area contributed by atoms with Crippen LogP contribution in [0, 0.1) is 0 Å². The minimum absolute atomic E-state index is 0.0164. The summed E-state index contributed by atoms with van der Waals surface area (Å²) in [6.45, 7) is 4.92. The lowest BCUT2D eigenvalue weighted by Gasteiger charge is -2.16. The summed E-state index contributed by atoms with van der Waals surface area (Å²) in [5, 5.41) is 0. The van der Waals surface area contributed by atoms with Crippen LogP contribution in [0.1, 0.15) is 19.5 Å². The highest BCUT2D eigenvalue weighted by Gasteiger charge is 2.35. The van der Waals surface area contributed by atoms with Crippen molar-refractivity contribution in [2.24, 2.45) is 0 Å². The summed E-state index contributed by atoms with van der Waals surface area (Å²) in [6.07, 6.45) is 2.64. The van der Waals surface area contributed by atoms with Crippen molar-refractivity contribution >= 4 is 12.1 Å². The molecule has 0 aliphatic carbocycles. The number of nitrogens with zero attached hydrogens (tertiary/aromatic N) is 2. The molecular weight excluding hydrogens is 164 g/mol. The second kappa shape index (κ2) is 2.55. The number of hydrogen-bond acceptors (Lipinski definition) is 2. The molecule has 2 heterocycles. The van der Waals surface area contributed by atoms with Gasteiger partial charge in [-0.1, -0.05) is 13.8 Å². The fraction of sp³-hybridized carbons (Fsp3) is 0.400. The Labute approximate surface area is 77.4 Å². The maximum atomic E-state index is 10.8. The van der Waals surface area contributed by atoms with E-state index in [2.05, 4.69) is 18.8 Å². The van der Waals surface area contributed by atoms with E-state index in [-0.39, 0.29) is 5.41 Å². The van der Waals surface area contributed by atoms with Gasteiger partial charge < -0.3 is 4.90 Å². The molecule has 1 aromatic rings. The molecular formula is C10H12N2O. The Morgan fingerprint density at radius 3 is 3.08 bits per heavy atom. The molecule has 1 aromatic heterocycles. The second-order valence-corrected chi connectivity index (χ2v) is 3.99. The van der Waals surface area contributed by atoms with E-state index in [1.54, 1.807) is 11.1 Å². The first-order valence-corrected chi connectivity index (χ1v) is 4.32. The number of amides is 1. The van der Waals surface area contributed by atoms with Crippen molar-refractivity contribution in [3.8, 4) is 0 Å². The van der Waals surface area contributed by atoms with E-state index in [0.29, 0.717) is 0 Å². The zero-order valence-electron chi connectivity index (χ0n) is 7.82. The Morgan fingerprint density at radius 2 is 2.38 bits per heavy atom. The number of rotatable bonds is 1. The summed E-state index contributed by atoms with van der Waals surface area (Å²) in [5.41, 5.74) is 1.95. The molecule has 68 valence electrons. The topological polar surface area (TPSA) is 33.2 Å². The van der Waals surface area contributed by atoms with Gasteiger partial charge in [-0.05, 0) is 12.1 Å². The van der Waals surface area contributed by atoms with E-state index >= 15 is 0 Å². The maximum Gasteiger partial charge on any atom is 0.214 e. The van der Waals surface area contributed by atoms with Crippen molar-refractivity contribution in [1.82, 2.24) is 4.98 Å². The average molecular weight is 176 g/mol. The van der Waals surface area contributed by atoms with Crippen LogP contribution in [0.5, 0.6) is 0 Å². The van der Waals surface area contributed by atoms with Crippen molar-refractivity contribution in [2.75, 3.05) is 11.4 Å². The van der Waals surface area contributed by atoms with E-state index in [1.807, 2.05) is 12.1 Å². The number of hydrogen-bond donors (Lipinski definition) is 0. The van der Waals surface area contributed by atoms with Crippen molar-refractivity contribution in [1.29, 1.82) is 0 Å². The molecule has 0 spiro atoms. The lowest BCUT2D eigenvalue weighted by Crippen LogP contribution is -2.27. The minimum Gasteiger partial charge on any atom is -0.312 e. The smallest absolute Gasteiger partial charge is 0.214 e. The zero-order chi connectivity index (χ0) is 9.47. The quantitative estimate of drug-likeness (QED) is 0.605.